The summed E-state index contributed by atoms with van der Waals surface area (Å²) in [7, 11) is 2.18. The second-order valence-corrected chi connectivity index (χ2v) is 7.94. The molecule has 1 aliphatic rings. The van der Waals surface area contributed by atoms with Gasteiger partial charge in [-0.15, -0.1) is 0 Å². The Morgan fingerprint density at radius 2 is 2.00 bits per heavy atom. The van der Waals surface area contributed by atoms with E-state index in [0.29, 0.717) is 6.04 Å². The van der Waals surface area contributed by atoms with Crippen LogP contribution in [0.2, 0.25) is 0 Å². The Balaban J connectivity index is 2.07. The van der Waals surface area contributed by atoms with Gasteiger partial charge in [-0.05, 0) is 42.9 Å². The van der Waals surface area contributed by atoms with Gasteiger partial charge in [0.2, 0.25) is 0 Å². The zero-order chi connectivity index (χ0) is 14.9. The van der Waals surface area contributed by atoms with E-state index in [9.17, 15) is 0 Å². The molecule has 20 heavy (non-hydrogen) atoms. The van der Waals surface area contributed by atoms with Gasteiger partial charge in [-0.1, -0.05) is 42.8 Å². The Bertz CT molecular complexity index is 461. The van der Waals surface area contributed by atoms with Crippen LogP contribution in [0.15, 0.2) is 22.7 Å². The molecule has 0 amide bonds. The Labute approximate surface area is 132 Å². The molecule has 112 valence electrons. The molecular weight excluding hydrogens is 312 g/mol. The van der Waals surface area contributed by atoms with Gasteiger partial charge in [-0.2, -0.15) is 0 Å². The van der Waals surface area contributed by atoms with E-state index in [1.165, 1.54) is 28.6 Å². The molecule has 0 radical (unpaired) electrons. The van der Waals surface area contributed by atoms with Gasteiger partial charge in [0.05, 0.1) is 0 Å². The molecule has 0 heterocycles. The number of halogens is 1. The Morgan fingerprint density at radius 3 is 2.50 bits per heavy atom. The van der Waals surface area contributed by atoms with E-state index in [1.54, 1.807) is 0 Å². The highest BCUT2D eigenvalue weighted by molar-refractivity contribution is 9.10. The maximum absolute atomic E-state index is 3.72. The van der Waals surface area contributed by atoms with E-state index in [0.717, 1.165) is 12.6 Å². The van der Waals surface area contributed by atoms with E-state index in [1.807, 2.05) is 0 Å². The first kappa shape index (κ1) is 15.8. The lowest BCUT2D eigenvalue weighted by Gasteiger charge is -2.37. The molecule has 3 heteroatoms. The van der Waals surface area contributed by atoms with Crippen molar-refractivity contribution < 1.29 is 0 Å². The average molecular weight is 339 g/mol. The number of hydrogen-bond donors (Lipinski definition) is 1. The number of hydrogen-bond acceptors (Lipinski definition) is 2. The fraction of sp³-hybridized carbons (Fsp3) is 0.647. The van der Waals surface area contributed by atoms with Gasteiger partial charge in [0.15, 0.2) is 0 Å². The first-order valence-corrected chi connectivity index (χ1v) is 8.33. The van der Waals surface area contributed by atoms with Crippen LogP contribution in [0.1, 0.15) is 46.1 Å². The summed E-state index contributed by atoms with van der Waals surface area (Å²) in [6.45, 7) is 10.1. The molecule has 1 atom stereocenters. The molecule has 1 saturated carbocycles. The van der Waals surface area contributed by atoms with Gasteiger partial charge < -0.3 is 10.2 Å². The van der Waals surface area contributed by atoms with Crippen molar-refractivity contribution in [3.05, 3.63) is 28.2 Å². The predicted octanol–water partition coefficient (Wildman–Crippen LogP) is 4.57. The predicted molar refractivity (Wildman–Crippen MR) is 91.3 cm³/mol. The molecule has 1 unspecified atom stereocenters. The summed E-state index contributed by atoms with van der Waals surface area (Å²) in [5.41, 5.74) is 2.89. The number of nitrogens with one attached hydrogen (secondary N) is 1. The maximum atomic E-state index is 3.72. The molecule has 1 fully saturated rings. The zero-order valence-electron chi connectivity index (χ0n) is 13.3. The first-order valence-electron chi connectivity index (χ1n) is 7.53. The maximum Gasteiger partial charge on any atom is 0.0377 e. The average Bonchev–Trinajstić information content (AvgIpc) is 3.18. The summed E-state index contributed by atoms with van der Waals surface area (Å²) in [6, 6.07) is 7.96. The van der Waals surface area contributed by atoms with Crippen molar-refractivity contribution in [1.82, 2.24) is 5.32 Å². The van der Waals surface area contributed by atoms with Crippen LogP contribution in [0.3, 0.4) is 0 Å². The highest BCUT2D eigenvalue weighted by Gasteiger charge is 2.24. The molecule has 1 N–H and O–H groups in total. The van der Waals surface area contributed by atoms with E-state index in [-0.39, 0.29) is 5.41 Å². The SMILES string of the molecule is CC(N(C)c1ccc(CNC2CC2)c(Br)c1)C(C)(C)C. The lowest BCUT2D eigenvalue weighted by atomic mass is 9.87. The minimum atomic E-state index is 0.271. The van der Waals surface area contributed by atoms with E-state index in [4.69, 9.17) is 0 Å². The van der Waals surface area contributed by atoms with E-state index >= 15 is 0 Å². The quantitative estimate of drug-likeness (QED) is 0.845. The highest BCUT2D eigenvalue weighted by Crippen LogP contribution is 2.30. The summed E-state index contributed by atoms with van der Waals surface area (Å²) in [6.07, 6.45) is 2.67. The molecule has 1 aromatic carbocycles. The van der Waals surface area contributed by atoms with Gasteiger partial charge in [-0.3, -0.25) is 0 Å². The molecule has 0 saturated heterocycles. The molecular formula is C17H27BrN2. The first-order chi connectivity index (χ1) is 9.29. The second kappa shape index (κ2) is 6.07. The number of benzene rings is 1. The van der Waals surface area contributed by atoms with Gasteiger partial charge in [0, 0.05) is 35.8 Å². The van der Waals surface area contributed by atoms with E-state index in [2.05, 4.69) is 79.1 Å². The fourth-order valence-electron chi connectivity index (χ4n) is 2.25. The summed E-state index contributed by atoms with van der Waals surface area (Å²) in [4.78, 5) is 2.36. The standard InChI is InChI=1S/C17H27BrN2/c1-12(17(2,3)4)20(5)15-9-6-13(16(18)10-15)11-19-14-7-8-14/h6,9-10,12,14,19H,7-8,11H2,1-5H3. The fourth-order valence-corrected chi connectivity index (χ4v) is 2.75. The van der Waals surface area contributed by atoms with Gasteiger partial charge >= 0.3 is 0 Å². The van der Waals surface area contributed by atoms with Crippen molar-refractivity contribution in [2.75, 3.05) is 11.9 Å². The third-order valence-electron chi connectivity index (χ3n) is 4.44. The molecule has 1 aliphatic carbocycles. The van der Waals surface area contributed by atoms with Crippen LogP contribution in [0.4, 0.5) is 5.69 Å². The summed E-state index contributed by atoms with van der Waals surface area (Å²) < 4.78 is 1.20. The van der Waals surface area contributed by atoms with Gasteiger partial charge in [0.25, 0.3) is 0 Å². The molecule has 0 spiro atoms. The smallest absolute Gasteiger partial charge is 0.0377 e. The molecule has 0 aliphatic heterocycles. The number of anilines is 1. The Morgan fingerprint density at radius 1 is 1.35 bits per heavy atom. The third-order valence-corrected chi connectivity index (χ3v) is 5.17. The number of nitrogens with zero attached hydrogens (tertiary/aromatic N) is 1. The normalized spacial score (nSPS) is 17.1. The zero-order valence-corrected chi connectivity index (χ0v) is 14.9. The Hall–Kier alpha value is -0.540. The molecule has 1 aromatic rings. The van der Waals surface area contributed by atoms with Crippen LogP contribution < -0.4 is 10.2 Å². The third kappa shape index (κ3) is 3.98. The van der Waals surface area contributed by atoms with Crippen LogP contribution in [0, 0.1) is 5.41 Å². The van der Waals surface area contributed by atoms with Crippen molar-refractivity contribution in [3.8, 4) is 0 Å². The van der Waals surface area contributed by atoms with Crippen molar-refractivity contribution in [3.63, 3.8) is 0 Å². The van der Waals surface area contributed by atoms with Crippen LogP contribution in [-0.2, 0) is 6.54 Å². The highest BCUT2D eigenvalue weighted by atomic mass is 79.9. The monoisotopic (exact) mass is 338 g/mol. The largest absolute Gasteiger partial charge is 0.371 e. The van der Waals surface area contributed by atoms with Crippen LogP contribution in [-0.4, -0.2) is 19.1 Å². The topological polar surface area (TPSA) is 15.3 Å². The minimum Gasteiger partial charge on any atom is -0.371 e. The summed E-state index contributed by atoms with van der Waals surface area (Å²) in [5, 5.41) is 3.57. The molecule has 2 nitrogen and oxygen atoms in total. The van der Waals surface area contributed by atoms with E-state index < -0.39 is 0 Å². The van der Waals surface area contributed by atoms with Crippen molar-refractivity contribution >= 4 is 21.6 Å². The summed E-state index contributed by atoms with van der Waals surface area (Å²) >= 11 is 3.72. The van der Waals surface area contributed by atoms with Gasteiger partial charge in [-0.25, -0.2) is 0 Å². The minimum absolute atomic E-state index is 0.271. The molecule has 0 aromatic heterocycles. The van der Waals surface area contributed by atoms with Crippen molar-refractivity contribution in [2.45, 2.75) is 59.2 Å². The lowest BCUT2D eigenvalue weighted by Crippen LogP contribution is -2.39. The Kier molecular flexibility index (Phi) is 4.80. The van der Waals surface area contributed by atoms with Gasteiger partial charge in [0.1, 0.15) is 0 Å². The molecule has 0 bridgehead atoms. The van der Waals surface area contributed by atoms with Crippen molar-refractivity contribution in [2.24, 2.45) is 5.41 Å². The van der Waals surface area contributed by atoms with Crippen LogP contribution in [0.5, 0.6) is 0 Å². The summed E-state index contributed by atoms with van der Waals surface area (Å²) in [5.74, 6) is 0. The van der Waals surface area contributed by atoms with Crippen molar-refractivity contribution in [1.29, 1.82) is 0 Å². The second-order valence-electron chi connectivity index (χ2n) is 7.08. The van der Waals surface area contributed by atoms with Crippen LogP contribution >= 0.6 is 15.9 Å². The van der Waals surface area contributed by atoms with Crippen LogP contribution in [0.25, 0.3) is 0 Å². The number of rotatable bonds is 5. The molecule has 2 rings (SSSR count). The lowest BCUT2D eigenvalue weighted by molar-refractivity contribution is 0.330.